The SMILES string of the molecule is CC(C)n1cnc(-c2ccc(F)cc2)c1-c1nc(C(=O)Nc2ccc(C3CN(C)C3)cc2F)co1. The number of benzene rings is 2. The average Bonchev–Trinajstić information content (AvgIpc) is 3.46. The van der Waals surface area contributed by atoms with Crippen molar-refractivity contribution >= 4 is 11.6 Å². The van der Waals surface area contributed by atoms with E-state index in [2.05, 4.69) is 20.2 Å². The number of carbonyl (C=O) groups excluding carboxylic acids is 1. The molecule has 3 heterocycles. The second-order valence-electron chi connectivity index (χ2n) is 9.10. The Morgan fingerprint density at radius 2 is 1.89 bits per heavy atom. The van der Waals surface area contributed by atoms with Crippen LogP contribution in [0.3, 0.4) is 0 Å². The summed E-state index contributed by atoms with van der Waals surface area (Å²) in [6, 6.07) is 10.8. The van der Waals surface area contributed by atoms with Crippen LogP contribution in [0.4, 0.5) is 14.5 Å². The fourth-order valence-corrected chi connectivity index (χ4v) is 4.25. The summed E-state index contributed by atoms with van der Waals surface area (Å²) in [7, 11) is 2.02. The van der Waals surface area contributed by atoms with E-state index in [9.17, 15) is 13.6 Å². The van der Waals surface area contributed by atoms with Crippen molar-refractivity contribution in [3.63, 3.8) is 0 Å². The molecule has 0 spiro atoms. The fraction of sp³-hybridized carbons (Fsp3) is 0.269. The Bertz CT molecular complexity index is 1370. The lowest BCUT2D eigenvalue weighted by atomic mass is 9.92. The van der Waals surface area contributed by atoms with Gasteiger partial charge in [0.15, 0.2) is 5.69 Å². The third-order valence-electron chi connectivity index (χ3n) is 6.18. The molecule has 0 unspecified atom stereocenters. The van der Waals surface area contributed by atoms with Crippen LogP contribution >= 0.6 is 0 Å². The molecule has 4 aromatic rings. The van der Waals surface area contributed by atoms with Crippen LogP contribution in [0.5, 0.6) is 0 Å². The maximum Gasteiger partial charge on any atom is 0.277 e. The zero-order chi connectivity index (χ0) is 24.7. The molecule has 0 atom stereocenters. The number of rotatable bonds is 6. The minimum absolute atomic E-state index is 0.00524. The first-order valence-electron chi connectivity index (χ1n) is 11.4. The number of likely N-dealkylation sites (tertiary alicyclic amines) is 1. The first kappa shape index (κ1) is 22.9. The van der Waals surface area contributed by atoms with Crippen LogP contribution in [0.1, 0.15) is 41.9 Å². The van der Waals surface area contributed by atoms with Crippen molar-refractivity contribution in [3.05, 3.63) is 77.9 Å². The lowest BCUT2D eigenvalue weighted by molar-refractivity contribution is 0.102. The van der Waals surface area contributed by atoms with Crippen LogP contribution < -0.4 is 5.32 Å². The lowest BCUT2D eigenvalue weighted by Crippen LogP contribution is -2.41. The fourth-order valence-electron chi connectivity index (χ4n) is 4.25. The lowest BCUT2D eigenvalue weighted by Gasteiger charge is -2.36. The third kappa shape index (κ3) is 4.46. The Hall–Kier alpha value is -3.85. The smallest absolute Gasteiger partial charge is 0.277 e. The van der Waals surface area contributed by atoms with Crippen molar-refractivity contribution in [2.45, 2.75) is 25.8 Å². The molecule has 2 aromatic heterocycles. The number of hydrogen-bond acceptors (Lipinski definition) is 5. The van der Waals surface area contributed by atoms with Gasteiger partial charge in [-0.3, -0.25) is 4.79 Å². The number of nitrogens with zero attached hydrogens (tertiary/aromatic N) is 4. The van der Waals surface area contributed by atoms with Gasteiger partial charge in [0, 0.05) is 30.6 Å². The van der Waals surface area contributed by atoms with Gasteiger partial charge < -0.3 is 19.2 Å². The summed E-state index contributed by atoms with van der Waals surface area (Å²) < 4.78 is 35.6. The topological polar surface area (TPSA) is 76.2 Å². The van der Waals surface area contributed by atoms with E-state index >= 15 is 0 Å². The van der Waals surface area contributed by atoms with Gasteiger partial charge >= 0.3 is 0 Å². The molecule has 7 nitrogen and oxygen atoms in total. The maximum atomic E-state index is 14.7. The predicted octanol–water partition coefficient (Wildman–Crippen LogP) is 5.35. The van der Waals surface area contributed by atoms with Crippen molar-refractivity contribution in [3.8, 4) is 22.8 Å². The Balaban J connectivity index is 1.40. The molecule has 1 fully saturated rings. The van der Waals surface area contributed by atoms with Crippen LogP contribution in [0.25, 0.3) is 22.8 Å². The van der Waals surface area contributed by atoms with E-state index in [1.807, 2.05) is 31.5 Å². The van der Waals surface area contributed by atoms with Gasteiger partial charge in [0.2, 0.25) is 5.89 Å². The normalized spacial score (nSPS) is 14.3. The summed E-state index contributed by atoms with van der Waals surface area (Å²) in [5, 5.41) is 2.58. The highest BCUT2D eigenvalue weighted by atomic mass is 19.1. The summed E-state index contributed by atoms with van der Waals surface area (Å²) >= 11 is 0. The van der Waals surface area contributed by atoms with Gasteiger partial charge in [0.1, 0.15) is 29.3 Å². The minimum Gasteiger partial charge on any atom is -0.442 e. The van der Waals surface area contributed by atoms with Crippen molar-refractivity contribution in [1.82, 2.24) is 19.4 Å². The Labute approximate surface area is 201 Å². The van der Waals surface area contributed by atoms with E-state index in [-0.39, 0.29) is 29.1 Å². The third-order valence-corrected chi connectivity index (χ3v) is 6.18. The molecule has 1 saturated heterocycles. The molecule has 0 bridgehead atoms. The molecular weight excluding hydrogens is 452 g/mol. The zero-order valence-electron chi connectivity index (χ0n) is 19.6. The van der Waals surface area contributed by atoms with Crippen molar-refractivity contribution < 1.29 is 18.0 Å². The van der Waals surface area contributed by atoms with Crippen LogP contribution in [-0.4, -0.2) is 45.5 Å². The second kappa shape index (κ2) is 9.07. The van der Waals surface area contributed by atoms with Gasteiger partial charge in [-0.25, -0.2) is 18.7 Å². The Morgan fingerprint density at radius 1 is 1.14 bits per heavy atom. The molecular formula is C26H25F2N5O2. The minimum atomic E-state index is -0.589. The molecule has 1 N–H and O–H groups in total. The van der Waals surface area contributed by atoms with Gasteiger partial charge in [0.25, 0.3) is 5.91 Å². The number of hydrogen-bond donors (Lipinski definition) is 1. The quantitative estimate of drug-likeness (QED) is 0.405. The highest BCUT2D eigenvalue weighted by molar-refractivity contribution is 6.03. The largest absolute Gasteiger partial charge is 0.442 e. The second-order valence-corrected chi connectivity index (χ2v) is 9.10. The van der Waals surface area contributed by atoms with E-state index in [1.54, 1.807) is 24.5 Å². The summed E-state index contributed by atoms with van der Waals surface area (Å²) in [6.07, 6.45) is 2.88. The number of aromatic nitrogens is 3. The molecule has 5 rings (SSSR count). The van der Waals surface area contributed by atoms with Gasteiger partial charge in [-0.15, -0.1) is 0 Å². The van der Waals surface area contributed by atoms with E-state index in [0.29, 0.717) is 22.9 Å². The molecule has 1 amide bonds. The molecule has 1 aliphatic heterocycles. The molecule has 2 aromatic carbocycles. The molecule has 0 aliphatic carbocycles. The van der Waals surface area contributed by atoms with E-state index in [1.165, 1.54) is 24.5 Å². The first-order valence-corrected chi connectivity index (χ1v) is 11.4. The number of carbonyl (C=O) groups is 1. The van der Waals surface area contributed by atoms with Crippen LogP contribution in [-0.2, 0) is 0 Å². The van der Waals surface area contributed by atoms with Gasteiger partial charge in [-0.05, 0) is 62.9 Å². The van der Waals surface area contributed by atoms with Gasteiger partial charge in [0.05, 0.1) is 12.0 Å². The van der Waals surface area contributed by atoms with E-state index in [0.717, 1.165) is 18.7 Å². The Morgan fingerprint density at radius 3 is 2.54 bits per heavy atom. The number of amides is 1. The van der Waals surface area contributed by atoms with Gasteiger partial charge in [-0.2, -0.15) is 0 Å². The molecule has 0 radical (unpaired) electrons. The molecule has 35 heavy (non-hydrogen) atoms. The molecule has 1 aliphatic rings. The maximum absolute atomic E-state index is 14.7. The predicted molar refractivity (Wildman–Crippen MR) is 128 cm³/mol. The Kier molecular flexibility index (Phi) is 5.94. The average molecular weight is 478 g/mol. The van der Waals surface area contributed by atoms with Crippen molar-refractivity contribution in [2.75, 3.05) is 25.5 Å². The standard InChI is InChI=1S/C26H25F2N5O2/c1-15(2)33-14-29-23(16-4-7-19(27)8-5-16)24(33)26-31-22(13-35-26)25(34)30-21-9-6-17(10-20(21)28)18-11-32(3)12-18/h4-10,13-15,18H,11-12H2,1-3H3,(H,30,34). The highest BCUT2D eigenvalue weighted by Gasteiger charge is 2.26. The van der Waals surface area contributed by atoms with Crippen molar-refractivity contribution in [2.24, 2.45) is 0 Å². The summed E-state index contributed by atoms with van der Waals surface area (Å²) in [5.74, 6) is -0.947. The highest BCUT2D eigenvalue weighted by Crippen LogP contribution is 2.33. The zero-order valence-corrected chi connectivity index (χ0v) is 19.6. The monoisotopic (exact) mass is 477 g/mol. The number of nitrogens with one attached hydrogen (secondary N) is 1. The van der Waals surface area contributed by atoms with Gasteiger partial charge in [-0.1, -0.05) is 6.07 Å². The number of anilines is 1. The van der Waals surface area contributed by atoms with E-state index in [4.69, 9.17) is 4.42 Å². The number of oxazole rings is 1. The van der Waals surface area contributed by atoms with Crippen LogP contribution in [0.2, 0.25) is 0 Å². The number of imidazole rings is 1. The molecule has 180 valence electrons. The van der Waals surface area contributed by atoms with Crippen LogP contribution in [0, 0.1) is 11.6 Å². The molecule has 0 saturated carbocycles. The van der Waals surface area contributed by atoms with E-state index < -0.39 is 11.7 Å². The van der Waals surface area contributed by atoms with Crippen molar-refractivity contribution in [1.29, 1.82) is 0 Å². The number of halogens is 2. The summed E-state index contributed by atoms with van der Waals surface area (Å²) in [5.41, 5.74) is 2.80. The number of likely N-dealkylation sites (N-methyl/N-ethyl adjacent to an activating group) is 1. The summed E-state index contributed by atoms with van der Waals surface area (Å²) in [6.45, 7) is 5.73. The summed E-state index contributed by atoms with van der Waals surface area (Å²) in [4.78, 5) is 23.8. The van der Waals surface area contributed by atoms with Crippen LogP contribution in [0.15, 0.2) is 59.5 Å². The first-order chi connectivity index (χ1) is 16.8. The molecule has 9 heteroatoms.